The van der Waals surface area contributed by atoms with Gasteiger partial charge in [0, 0.05) is 19.5 Å². The second-order valence-electron chi connectivity index (χ2n) is 4.66. The molecule has 6 heteroatoms. The Morgan fingerprint density at radius 3 is 2.94 bits per heavy atom. The molecule has 1 aliphatic heterocycles. The Morgan fingerprint density at radius 2 is 2.35 bits per heavy atom. The molecule has 1 unspecified atom stereocenters. The summed E-state index contributed by atoms with van der Waals surface area (Å²) in [4.78, 5) is 4.25. The number of hydrazine groups is 1. The number of nitrogens with zero attached hydrogens (tertiary/aromatic N) is 3. The molecule has 1 atom stereocenters. The number of rotatable bonds is 5. The van der Waals surface area contributed by atoms with Crippen molar-refractivity contribution in [2.45, 2.75) is 31.7 Å². The van der Waals surface area contributed by atoms with E-state index in [0.29, 0.717) is 6.04 Å². The van der Waals surface area contributed by atoms with Gasteiger partial charge in [-0.2, -0.15) is 16.9 Å². The zero-order chi connectivity index (χ0) is 12.1. The molecule has 2 heterocycles. The Bertz CT molecular complexity index is 334. The minimum atomic E-state index is 0.311. The van der Waals surface area contributed by atoms with Gasteiger partial charge in [0.2, 0.25) is 0 Å². The van der Waals surface area contributed by atoms with Gasteiger partial charge in [0.05, 0.1) is 0 Å². The van der Waals surface area contributed by atoms with E-state index in [1.54, 1.807) is 6.33 Å². The van der Waals surface area contributed by atoms with Crippen LogP contribution in [0.2, 0.25) is 0 Å². The van der Waals surface area contributed by atoms with Gasteiger partial charge in [-0.25, -0.2) is 4.98 Å². The number of aromatic nitrogens is 3. The molecule has 1 aromatic rings. The summed E-state index contributed by atoms with van der Waals surface area (Å²) in [6.45, 7) is 0. The van der Waals surface area contributed by atoms with E-state index in [0.717, 1.165) is 24.6 Å². The van der Waals surface area contributed by atoms with E-state index in [1.165, 1.54) is 24.3 Å². The zero-order valence-electron chi connectivity index (χ0n) is 10.3. The first-order valence-corrected chi connectivity index (χ1v) is 7.32. The van der Waals surface area contributed by atoms with Crippen LogP contribution in [0, 0.1) is 5.92 Å². The van der Waals surface area contributed by atoms with Gasteiger partial charge in [0.1, 0.15) is 12.2 Å². The Hall–Kier alpha value is -0.590. The molecule has 0 aromatic carbocycles. The predicted octanol–water partition coefficient (Wildman–Crippen LogP) is 0.723. The fraction of sp³-hybridized carbons (Fsp3) is 0.818. The number of nitrogens with one attached hydrogen (secondary N) is 1. The molecule has 96 valence electrons. The maximum absolute atomic E-state index is 5.64. The second-order valence-corrected chi connectivity index (χ2v) is 5.88. The molecule has 0 radical (unpaired) electrons. The summed E-state index contributed by atoms with van der Waals surface area (Å²) in [5, 5.41) is 4.08. The molecule has 1 aliphatic rings. The van der Waals surface area contributed by atoms with Gasteiger partial charge in [-0.15, -0.1) is 0 Å². The molecule has 0 bridgehead atoms. The van der Waals surface area contributed by atoms with Gasteiger partial charge in [0.25, 0.3) is 0 Å². The van der Waals surface area contributed by atoms with Crippen LogP contribution in [0.3, 0.4) is 0 Å². The monoisotopic (exact) mass is 255 g/mol. The highest BCUT2D eigenvalue weighted by Crippen LogP contribution is 2.26. The standard InChI is InChI=1S/C11H21N5S/c1-16-11(13-8-14-16)7-10(15-12)6-9-2-4-17-5-3-9/h8-10,15H,2-7,12H2,1H3. The van der Waals surface area contributed by atoms with E-state index < -0.39 is 0 Å². The number of thioether (sulfide) groups is 1. The topological polar surface area (TPSA) is 68.8 Å². The van der Waals surface area contributed by atoms with E-state index in [1.807, 2.05) is 11.7 Å². The van der Waals surface area contributed by atoms with Crippen molar-refractivity contribution in [1.82, 2.24) is 20.2 Å². The van der Waals surface area contributed by atoms with E-state index in [2.05, 4.69) is 27.3 Å². The average Bonchev–Trinajstić information content (AvgIpc) is 2.75. The minimum absolute atomic E-state index is 0.311. The summed E-state index contributed by atoms with van der Waals surface area (Å²) in [5.41, 5.74) is 2.93. The third-order valence-corrected chi connectivity index (χ3v) is 4.48. The number of nitrogens with two attached hydrogens (primary N) is 1. The lowest BCUT2D eigenvalue weighted by molar-refractivity contribution is 0.360. The maximum Gasteiger partial charge on any atom is 0.138 e. The van der Waals surface area contributed by atoms with Crippen molar-refractivity contribution in [2.24, 2.45) is 18.8 Å². The predicted molar refractivity (Wildman–Crippen MR) is 70.5 cm³/mol. The third-order valence-electron chi connectivity index (χ3n) is 3.43. The highest BCUT2D eigenvalue weighted by atomic mass is 32.2. The SMILES string of the molecule is Cn1ncnc1CC(CC1CCSCC1)NN. The molecule has 1 aromatic heterocycles. The van der Waals surface area contributed by atoms with Crippen LogP contribution in [0.4, 0.5) is 0 Å². The molecule has 0 amide bonds. The Kier molecular flexibility index (Phi) is 4.82. The van der Waals surface area contributed by atoms with Crippen LogP contribution in [0.1, 0.15) is 25.1 Å². The first-order chi connectivity index (χ1) is 8.29. The summed E-state index contributed by atoms with van der Waals surface area (Å²) < 4.78 is 1.82. The van der Waals surface area contributed by atoms with Crippen molar-refractivity contribution in [3.63, 3.8) is 0 Å². The van der Waals surface area contributed by atoms with Crippen LogP contribution in [0.25, 0.3) is 0 Å². The minimum Gasteiger partial charge on any atom is -0.271 e. The van der Waals surface area contributed by atoms with Gasteiger partial charge in [-0.05, 0) is 36.7 Å². The first-order valence-electron chi connectivity index (χ1n) is 6.16. The molecule has 3 N–H and O–H groups in total. The molecule has 5 nitrogen and oxygen atoms in total. The van der Waals surface area contributed by atoms with E-state index in [-0.39, 0.29) is 0 Å². The molecule has 2 rings (SSSR count). The van der Waals surface area contributed by atoms with Crippen molar-refractivity contribution in [1.29, 1.82) is 0 Å². The fourth-order valence-corrected chi connectivity index (χ4v) is 3.52. The molecule has 17 heavy (non-hydrogen) atoms. The van der Waals surface area contributed by atoms with Gasteiger partial charge in [-0.3, -0.25) is 16.0 Å². The lowest BCUT2D eigenvalue weighted by Crippen LogP contribution is -2.39. The molecular weight excluding hydrogens is 234 g/mol. The van der Waals surface area contributed by atoms with Crippen LogP contribution >= 0.6 is 11.8 Å². The summed E-state index contributed by atoms with van der Waals surface area (Å²) in [6, 6.07) is 0.311. The van der Waals surface area contributed by atoms with E-state index in [4.69, 9.17) is 5.84 Å². The van der Waals surface area contributed by atoms with Crippen molar-refractivity contribution in [3.8, 4) is 0 Å². The second kappa shape index (κ2) is 6.37. The van der Waals surface area contributed by atoms with Crippen LogP contribution in [0.15, 0.2) is 6.33 Å². The smallest absolute Gasteiger partial charge is 0.138 e. The van der Waals surface area contributed by atoms with Crippen LogP contribution in [-0.2, 0) is 13.5 Å². The fourth-order valence-electron chi connectivity index (χ4n) is 2.32. The average molecular weight is 255 g/mol. The summed E-state index contributed by atoms with van der Waals surface area (Å²) >= 11 is 2.06. The van der Waals surface area contributed by atoms with Crippen molar-refractivity contribution in [3.05, 3.63) is 12.2 Å². The molecule has 1 saturated heterocycles. The van der Waals surface area contributed by atoms with Crippen LogP contribution in [0.5, 0.6) is 0 Å². The van der Waals surface area contributed by atoms with Crippen LogP contribution < -0.4 is 11.3 Å². The van der Waals surface area contributed by atoms with Crippen LogP contribution in [-0.4, -0.2) is 32.3 Å². The first kappa shape index (κ1) is 12.9. The highest BCUT2D eigenvalue weighted by molar-refractivity contribution is 7.99. The Balaban J connectivity index is 1.85. The Morgan fingerprint density at radius 1 is 1.59 bits per heavy atom. The molecule has 1 fully saturated rings. The van der Waals surface area contributed by atoms with Gasteiger partial charge in [-0.1, -0.05) is 0 Å². The van der Waals surface area contributed by atoms with Gasteiger partial charge < -0.3 is 0 Å². The molecule has 0 saturated carbocycles. The molecule has 0 aliphatic carbocycles. The van der Waals surface area contributed by atoms with Gasteiger partial charge in [0.15, 0.2) is 0 Å². The van der Waals surface area contributed by atoms with Crippen molar-refractivity contribution < 1.29 is 0 Å². The summed E-state index contributed by atoms with van der Waals surface area (Å²) in [5.74, 6) is 10.0. The molecule has 0 spiro atoms. The quantitative estimate of drug-likeness (QED) is 0.599. The normalized spacial score (nSPS) is 19.4. The summed E-state index contributed by atoms with van der Waals surface area (Å²) in [7, 11) is 1.92. The van der Waals surface area contributed by atoms with Crippen molar-refractivity contribution >= 4 is 11.8 Å². The lowest BCUT2D eigenvalue weighted by Gasteiger charge is -2.25. The van der Waals surface area contributed by atoms with Gasteiger partial charge >= 0.3 is 0 Å². The largest absolute Gasteiger partial charge is 0.271 e. The maximum atomic E-state index is 5.64. The number of hydrogen-bond donors (Lipinski definition) is 2. The summed E-state index contributed by atoms with van der Waals surface area (Å²) in [6.07, 6.45) is 6.24. The zero-order valence-corrected chi connectivity index (χ0v) is 11.1. The van der Waals surface area contributed by atoms with E-state index >= 15 is 0 Å². The van der Waals surface area contributed by atoms with E-state index in [9.17, 15) is 0 Å². The highest BCUT2D eigenvalue weighted by Gasteiger charge is 2.19. The Labute approximate surface area is 107 Å². The number of hydrogen-bond acceptors (Lipinski definition) is 5. The third kappa shape index (κ3) is 3.69. The lowest BCUT2D eigenvalue weighted by atomic mass is 9.93. The van der Waals surface area contributed by atoms with Crippen molar-refractivity contribution in [2.75, 3.05) is 11.5 Å². The number of aryl methyl sites for hydroxylation is 1. The molecular formula is C11H21N5S.